The van der Waals surface area contributed by atoms with Crippen LogP contribution in [0.25, 0.3) is 0 Å². The molecule has 1 fully saturated rings. The van der Waals surface area contributed by atoms with Crippen molar-refractivity contribution in [1.29, 1.82) is 0 Å². The third-order valence-corrected chi connectivity index (χ3v) is 2.56. The van der Waals surface area contributed by atoms with Crippen molar-refractivity contribution in [2.45, 2.75) is 26.4 Å². The normalized spacial score (nSPS) is 19.6. The first-order chi connectivity index (χ1) is 6.54. The molecule has 1 unspecified atom stereocenters. The van der Waals surface area contributed by atoms with Gasteiger partial charge in [-0.1, -0.05) is 13.8 Å². The van der Waals surface area contributed by atoms with E-state index in [1.807, 2.05) is 0 Å². The highest BCUT2D eigenvalue weighted by atomic mass is 16.3. The summed E-state index contributed by atoms with van der Waals surface area (Å²) in [5.74, 6) is 0.521. The number of nitrogens with zero attached hydrogens (tertiary/aromatic N) is 1. The molecule has 0 radical (unpaired) electrons. The molecule has 1 saturated heterocycles. The van der Waals surface area contributed by atoms with E-state index in [1.165, 1.54) is 0 Å². The van der Waals surface area contributed by atoms with Crippen molar-refractivity contribution in [2.24, 2.45) is 17.6 Å². The van der Waals surface area contributed by atoms with Gasteiger partial charge in [-0.3, -0.25) is 4.79 Å². The molecule has 1 aliphatic heterocycles. The van der Waals surface area contributed by atoms with Crippen LogP contribution in [0, 0.1) is 11.8 Å². The topological polar surface area (TPSA) is 66.6 Å². The predicted molar refractivity (Wildman–Crippen MR) is 54.6 cm³/mol. The fourth-order valence-corrected chi connectivity index (χ4v) is 1.76. The molecule has 0 saturated carbocycles. The van der Waals surface area contributed by atoms with Crippen molar-refractivity contribution in [3.05, 3.63) is 0 Å². The number of hydrogen-bond acceptors (Lipinski definition) is 3. The second-order valence-electron chi connectivity index (χ2n) is 4.46. The molecule has 1 atom stereocenters. The van der Waals surface area contributed by atoms with Crippen LogP contribution >= 0.6 is 0 Å². The Morgan fingerprint density at radius 1 is 1.57 bits per heavy atom. The lowest BCUT2D eigenvalue weighted by Crippen LogP contribution is -2.56. The molecule has 4 nitrogen and oxygen atoms in total. The zero-order valence-corrected chi connectivity index (χ0v) is 8.94. The molecule has 1 heterocycles. The minimum absolute atomic E-state index is 0.0671. The number of carbonyl (C=O) groups excluding carboxylic acids is 1. The molecule has 1 rings (SSSR count). The number of likely N-dealkylation sites (tertiary alicyclic amines) is 1. The Hall–Kier alpha value is -0.610. The maximum atomic E-state index is 11.8. The van der Waals surface area contributed by atoms with E-state index in [2.05, 4.69) is 13.8 Å². The molecule has 0 aromatic carbocycles. The Morgan fingerprint density at radius 2 is 2.14 bits per heavy atom. The van der Waals surface area contributed by atoms with E-state index >= 15 is 0 Å². The van der Waals surface area contributed by atoms with Gasteiger partial charge in [-0.05, 0) is 12.3 Å². The maximum absolute atomic E-state index is 11.8. The van der Waals surface area contributed by atoms with E-state index in [-0.39, 0.29) is 17.9 Å². The smallest absolute Gasteiger partial charge is 0.227 e. The van der Waals surface area contributed by atoms with Crippen LogP contribution in [0.1, 0.15) is 20.3 Å². The second kappa shape index (κ2) is 4.75. The van der Waals surface area contributed by atoms with E-state index in [0.717, 1.165) is 6.42 Å². The molecule has 3 N–H and O–H groups in total. The summed E-state index contributed by atoms with van der Waals surface area (Å²) >= 11 is 0. The average Bonchev–Trinajstić information content (AvgIpc) is 2.07. The van der Waals surface area contributed by atoms with Gasteiger partial charge >= 0.3 is 0 Å². The lowest BCUT2D eigenvalue weighted by Gasteiger charge is -2.38. The summed E-state index contributed by atoms with van der Waals surface area (Å²) in [5.41, 5.74) is 5.56. The van der Waals surface area contributed by atoms with E-state index in [1.54, 1.807) is 4.90 Å². The number of nitrogens with two attached hydrogens (primary N) is 1. The van der Waals surface area contributed by atoms with Crippen LogP contribution in [0.2, 0.25) is 0 Å². The van der Waals surface area contributed by atoms with Crippen molar-refractivity contribution in [3.8, 4) is 0 Å². The minimum Gasteiger partial charge on any atom is -0.389 e. The molecule has 0 aliphatic carbocycles. The van der Waals surface area contributed by atoms with Gasteiger partial charge in [-0.15, -0.1) is 0 Å². The molecule has 1 amide bonds. The number of aliphatic hydroxyl groups excluding tert-OH is 1. The zero-order chi connectivity index (χ0) is 10.7. The van der Waals surface area contributed by atoms with Crippen molar-refractivity contribution >= 4 is 5.91 Å². The highest BCUT2D eigenvalue weighted by Gasteiger charge is 2.32. The number of aliphatic hydroxyl groups is 1. The lowest BCUT2D eigenvalue weighted by molar-refractivity contribution is -0.145. The van der Waals surface area contributed by atoms with Gasteiger partial charge < -0.3 is 15.7 Å². The number of hydrogen-bond donors (Lipinski definition) is 2. The zero-order valence-electron chi connectivity index (χ0n) is 8.94. The summed E-state index contributed by atoms with van der Waals surface area (Å²) in [6.45, 7) is 5.53. The molecule has 0 bridgehead atoms. The first kappa shape index (κ1) is 11.5. The Bertz CT molecular complexity index is 200. The summed E-state index contributed by atoms with van der Waals surface area (Å²) in [7, 11) is 0. The Kier molecular flexibility index (Phi) is 3.89. The van der Waals surface area contributed by atoms with Crippen LogP contribution in [0.5, 0.6) is 0 Å². The van der Waals surface area contributed by atoms with Crippen LogP contribution in [0.3, 0.4) is 0 Å². The Morgan fingerprint density at radius 3 is 2.50 bits per heavy atom. The summed E-state index contributed by atoms with van der Waals surface area (Å²) in [6, 6.07) is 0. The monoisotopic (exact) mass is 200 g/mol. The van der Waals surface area contributed by atoms with E-state index < -0.39 is 0 Å². The van der Waals surface area contributed by atoms with Gasteiger partial charge in [0, 0.05) is 19.6 Å². The number of carbonyl (C=O) groups is 1. The number of amides is 1. The fourth-order valence-electron chi connectivity index (χ4n) is 1.76. The largest absolute Gasteiger partial charge is 0.389 e. The molecule has 0 spiro atoms. The first-order valence-electron chi connectivity index (χ1n) is 5.21. The molecular weight excluding hydrogens is 180 g/mol. The molecule has 4 heteroatoms. The standard InChI is InChI=1S/C10H20N2O2/c1-7(2)3-8(4-11)10(14)12-5-9(13)6-12/h7-9,13H,3-6,11H2,1-2H3. The maximum Gasteiger partial charge on any atom is 0.227 e. The third kappa shape index (κ3) is 2.69. The van der Waals surface area contributed by atoms with Crippen LogP contribution < -0.4 is 5.73 Å². The number of rotatable bonds is 4. The van der Waals surface area contributed by atoms with Gasteiger partial charge in [-0.2, -0.15) is 0 Å². The second-order valence-corrected chi connectivity index (χ2v) is 4.46. The van der Waals surface area contributed by atoms with Crippen molar-refractivity contribution in [1.82, 2.24) is 4.90 Å². The van der Waals surface area contributed by atoms with Gasteiger partial charge in [0.05, 0.1) is 12.0 Å². The molecule has 14 heavy (non-hydrogen) atoms. The van der Waals surface area contributed by atoms with Gasteiger partial charge in [0.1, 0.15) is 0 Å². The predicted octanol–water partition coefficient (Wildman–Crippen LogP) is -0.189. The highest BCUT2D eigenvalue weighted by Crippen LogP contribution is 2.17. The lowest BCUT2D eigenvalue weighted by atomic mass is 9.94. The highest BCUT2D eigenvalue weighted by molar-refractivity contribution is 5.80. The Labute approximate surface area is 85.1 Å². The molecular formula is C10H20N2O2. The third-order valence-electron chi connectivity index (χ3n) is 2.56. The summed E-state index contributed by atoms with van der Waals surface area (Å²) in [5, 5.41) is 9.08. The van der Waals surface area contributed by atoms with E-state index in [0.29, 0.717) is 25.6 Å². The van der Waals surface area contributed by atoms with E-state index in [4.69, 9.17) is 10.8 Å². The molecule has 1 aliphatic rings. The Balaban J connectivity index is 2.40. The summed E-state index contributed by atoms with van der Waals surface area (Å²) < 4.78 is 0. The van der Waals surface area contributed by atoms with E-state index in [9.17, 15) is 4.79 Å². The molecule has 0 aromatic heterocycles. The van der Waals surface area contributed by atoms with Crippen LogP contribution in [0.4, 0.5) is 0 Å². The van der Waals surface area contributed by atoms with Gasteiger partial charge in [0.25, 0.3) is 0 Å². The van der Waals surface area contributed by atoms with Crippen LogP contribution in [-0.4, -0.2) is 41.7 Å². The minimum atomic E-state index is -0.323. The number of β-amino-alcohol motifs (C(OH)–C–C–N with tert-alkyl or cyclic N) is 1. The van der Waals surface area contributed by atoms with Gasteiger partial charge in [-0.25, -0.2) is 0 Å². The molecule has 82 valence electrons. The molecule has 0 aromatic rings. The fraction of sp³-hybridized carbons (Fsp3) is 0.900. The van der Waals surface area contributed by atoms with Gasteiger partial charge in [0.2, 0.25) is 5.91 Å². The summed E-state index contributed by atoms with van der Waals surface area (Å²) in [4.78, 5) is 13.5. The van der Waals surface area contributed by atoms with Crippen LogP contribution in [0.15, 0.2) is 0 Å². The van der Waals surface area contributed by atoms with Crippen LogP contribution in [-0.2, 0) is 4.79 Å². The van der Waals surface area contributed by atoms with Crippen molar-refractivity contribution in [3.63, 3.8) is 0 Å². The van der Waals surface area contributed by atoms with Crippen molar-refractivity contribution in [2.75, 3.05) is 19.6 Å². The summed E-state index contributed by atoms with van der Waals surface area (Å²) in [6.07, 6.45) is 0.512. The van der Waals surface area contributed by atoms with Crippen molar-refractivity contribution < 1.29 is 9.90 Å². The SMILES string of the molecule is CC(C)CC(CN)C(=O)N1CC(O)C1. The first-order valence-corrected chi connectivity index (χ1v) is 5.21. The average molecular weight is 200 g/mol. The van der Waals surface area contributed by atoms with Gasteiger partial charge in [0.15, 0.2) is 0 Å². The quantitative estimate of drug-likeness (QED) is 0.661.